The van der Waals surface area contributed by atoms with Crippen LogP contribution in [-0.2, 0) is 4.79 Å². The Balaban J connectivity index is 1.61. The van der Waals surface area contributed by atoms with Crippen molar-refractivity contribution in [3.63, 3.8) is 0 Å². The molecule has 0 radical (unpaired) electrons. The fourth-order valence-corrected chi connectivity index (χ4v) is 3.46. The second kappa shape index (κ2) is 6.57. The number of hydrogen-bond acceptors (Lipinski definition) is 2. The van der Waals surface area contributed by atoms with Gasteiger partial charge in [-0.05, 0) is 36.5 Å². The lowest BCUT2D eigenvalue weighted by Gasteiger charge is -2.34. The lowest BCUT2D eigenvalue weighted by molar-refractivity contribution is -0.143. The van der Waals surface area contributed by atoms with Crippen LogP contribution in [0.4, 0.5) is 18.0 Å². The maximum absolute atomic E-state index is 13.3. The summed E-state index contributed by atoms with van der Waals surface area (Å²) in [4.78, 5) is 25.0. The Bertz CT molecular complexity index is 689. The summed E-state index contributed by atoms with van der Waals surface area (Å²) in [7, 11) is 0. The van der Waals surface area contributed by atoms with Gasteiger partial charge in [0.25, 0.3) is 0 Å². The van der Waals surface area contributed by atoms with Crippen LogP contribution in [0.3, 0.4) is 0 Å². The van der Waals surface area contributed by atoms with Gasteiger partial charge in [-0.1, -0.05) is 6.92 Å². The highest BCUT2D eigenvalue weighted by molar-refractivity contribution is 5.77. The first-order valence-electron chi connectivity index (χ1n) is 8.19. The van der Waals surface area contributed by atoms with E-state index in [1.54, 1.807) is 0 Å². The monoisotopic (exact) mass is 356 g/mol. The first-order valence-corrected chi connectivity index (χ1v) is 8.19. The van der Waals surface area contributed by atoms with Crippen molar-refractivity contribution in [2.24, 2.45) is 11.8 Å². The predicted molar refractivity (Wildman–Crippen MR) is 82.5 cm³/mol. The van der Waals surface area contributed by atoms with E-state index < -0.39 is 29.3 Å². The molecule has 3 rings (SSSR count). The molecule has 1 saturated carbocycles. The van der Waals surface area contributed by atoms with Gasteiger partial charge in [-0.15, -0.1) is 0 Å². The Morgan fingerprint density at radius 3 is 2.40 bits per heavy atom. The summed E-state index contributed by atoms with van der Waals surface area (Å²) in [5.41, 5.74) is 0.303. The number of nitrogens with zero attached hydrogens (tertiary/aromatic N) is 1. The molecular weight excluding hydrogens is 337 g/mol. The van der Waals surface area contributed by atoms with Gasteiger partial charge in [0.2, 0.25) is 0 Å². The van der Waals surface area contributed by atoms with E-state index in [9.17, 15) is 22.8 Å². The summed E-state index contributed by atoms with van der Waals surface area (Å²) in [5, 5.41) is 11.9. The van der Waals surface area contributed by atoms with E-state index in [-0.39, 0.29) is 30.5 Å². The number of halogens is 3. The number of carbonyl (C=O) groups is 2. The van der Waals surface area contributed by atoms with Crippen LogP contribution in [0.1, 0.15) is 31.2 Å². The Kier molecular flexibility index (Phi) is 4.62. The number of likely N-dealkylation sites (tertiary alicyclic amines) is 1. The number of carbonyl (C=O) groups excluding carboxylic acids is 1. The fourth-order valence-electron chi connectivity index (χ4n) is 3.46. The molecule has 25 heavy (non-hydrogen) atoms. The minimum Gasteiger partial charge on any atom is -0.481 e. The number of piperidine rings is 1. The van der Waals surface area contributed by atoms with Gasteiger partial charge >= 0.3 is 12.0 Å². The van der Waals surface area contributed by atoms with Crippen LogP contribution in [0, 0.1) is 29.3 Å². The molecule has 2 amide bonds. The zero-order valence-corrected chi connectivity index (χ0v) is 13.6. The molecule has 1 saturated heterocycles. The van der Waals surface area contributed by atoms with Crippen molar-refractivity contribution in [3.8, 4) is 0 Å². The minimum atomic E-state index is -1.51. The van der Waals surface area contributed by atoms with Crippen molar-refractivity contribution in [1.29, 1.82) is 0 Å². The van der Waals surface area contributed by atoms with E-state index in [0.29, 0.717) is 24.9 Å². The molecule has 2 fully saturated rings. The van der Waals surface area contributed by atoms with Gasteiger partial charge in [-0.2, -0.15) is 0 Å². The number of benzene rings is 1. The third kappa shape index (κ3) is 3.72. The first-order chi connectivity index (χ1) is 11.8. The van der Waals surface area contributed by atoms with Crippen molar-refractivity contribution in [2.45, 2.75) is 31.7 Å². The predicted octanol–water partition coefficient (Wildman–Crippen LogP) is 2.71. The molecule has 4 atom stereocenters. The maximum Gasteiger partial charge on any atom is 0.317 e. The normalized spacial score (nSPS) is 28.6. The molecule has 2 aliphatic rings. The summed E-state index contributed by atoms with van der Waals surface area (Å²) < 4.78 is 39.6. The van der Waals surface area contributed by atoms with Crippen LogP contribution in [0.15, 0.2) is 12.1 Å². The van der Waals surface area contributed by atoms with Crippen LogP contribution in [-0.4, -0.2) is 41.1 Å². The molecule has 0 spiro atoms. The van der Waals surface area contributed by atoms with Crippen LogP contribution < -0.4 is 5.32 Å². The Labute approximate surface area is 142 Å². The number of carboxylic acid groups (broad SMARTS) is 1. The molecule has 1 aliphatic heterocycles. The van der Waals surface area contributed by atoms with E-state index in [1.165, 1.54) is 4.90 Å². The minimum absolute atomic E-state index is 0.0795. The molecule has 1 aromatic rings. The van der Waals surface area contributed by atoms with E-state index in [0.717, 1.165) is 12.1 Å². The van der Waals surface area contributed by atoms with Gasteiger partial charge in [0.05, 0.1) is 5.92 Å². The highest BCUT2D eigenvalue weighted by Gasteiger charge is 2.42. The van der Waals surface area contributed by atoms with Crippen molar-refractivity contribution in [1.82, 2.24) is 10.2 Å². The second-order valence-corrected chi connectivity index (χ2v) is 6.98. The molecule has 0 bridgehead atoms. The number of aliphatic carboxylic acids is 1. The van der Waals surface area contributed by atoms with Crippen molar-refractivity contribution in [3.05, 3.63) is 35.1 Å². The molecule has 0 aromatic heterocycles. The van der Waals surface area contributed by atoms with E-state index in [2.05, 4.69) is 5.32 Å². The van der Waals surface area contributed by atoms with Crippen LogP contribution in [0.5, 0.6) is 0 Å². The smallest absolute Gasteiger partial charge is 0.317 e. The van der Waals surface area contributed by atoms with Gasteiger partial charge in [0.15, 0.2) is 17.5 Å². The Morgan fingerprint density at radius 1 is 1.16 bits per heavy atom. The summed E-state index contributed by atoms with van der Waals surface area (Å²) in [6, 6.07) is 1.21. The molecule has 1 aliphatic carbocycles. The molecule has 5 nitrogen and oxygen atoms in total. The van der Waals surface area contributed by atoms with Gasteiger partial charge < -0.3 is 15.3 Å². The Hall–Kier alpha value is -2.25. The van der Waals surface area contributed by atoms with E-state index in [4.69, 9.17) is 5.11 Å². The van der Waals surface area contributed by atoms with E-state index in [1.807, 2.05) is 6.92 Å². The number of carboxylic acids is 1. The largest absolute Gasteiger partial charge is 0.481 e. The van der Waals surface area contributed by atoms with Crippen LogP contribution in [0.25, 0.3) is 0 Å². The molecule has 8 heteroatoms. The summed E-state index contributed by atoms with van der Waals surface area (Å²) in [5.74, 6) is -5.72. The standard InChI is InChI=1S/C17H19F3N2O3/c1-8-2-10(16(23)24)7-22(6-8)17(25)21-14-5-11(14)9-3-12(18)15(20)13(19)4-9/h3-4,8,10-11,14H,2,5-7H2,1H3,(H,21,25)(H,23,24)/t8?,10?,11-,14+/m0/s1. The van der Waals surface area contributed by atoms with Crippen LogP contribution in [0.2, 0.25) is 0 Å². The number of rotatable bonds is 3. The third-order valence-corrected chi connectivity index (χ3v) is 4.83. The van der Waals surface area contributed by atoms with Gasteiger partial charge in [0, 0.05) is 25.0 Å². The summed E-state index contributed by atoms with van der Waals surface area (Å²) in [6.45, 7) is 2.49. The van der Waals surface area contributed by atoms with Crippen LogP contribution >= 0.6 is 0 Å². The Morgan fingerprint density at radius 2 is 1.80 bits per heavy atom. The zero-order valence-electron chi connectivity index (χ0n) is 13.6. The average molecular weight is 356 g/mol. The molecule has 2 N–H and O–H groups in total. The lowest BCUT2D eigenvalue weighted by atomic mass is 9.91. The van der Waals surface area contributed by atoms with Crippen molar-refractivity contribution < 1.29 is 27.9 Å². The van der Waals surface area contributed by atoms with Crippen molar-refractivity contribution in [2.75, 3.05) is 13.1 Å². The second-order valence-electron chi connectivity index (χ2n) is 6.98. The van der Waals surface area contributed by atoms with E-state index >= 15 is 0 Å². The molecule has 2 unspecified atom stereocenters. The third-order valence-electron chi connectivity index (χ3n) is 4.83. The quantitative estimate of drug-likeness (QED) is 0.818. The van der Waals surface area contributed by atoms with Gasteiger partial charge in [0.1, 0.15) is 0 Å². The highest BCUT2D eigenvalue weighted by atomic mass is 19.2. The fraction of sp³-hybridized carbons (Fsp3) is 0.529. The summed E-state index contributed by atoms with van der Waals surface area (Å²) in [6.07, 6.45) is 1.03. The van der Waals surface area contributed by atoms with Gasteiger partial charge in [-0.3, -0.25) is 4.79 Å². The number of nitrogens with one attached hydrogen (secondary N) is 1. The average Bonchev–Trinajstić information content (AvgIpc) is 3.30. The SMILES string of the molecule is CC1CC(C(=O)O)CN(C(=O)N[C@@H]2C[C@H]2c2cc(F)c(F)c(F)c2)C1. The molecule has 1 heterocycles. The molecule has 1 aromatic carbocycles. The number of hydrogen-bond donors (Lipinski definition) is 2. The highest BCUT2D eigenvalue weighted by Crippen LogP contribution is 2.41. The summed E-state index contributed by atoms with van der Waals surface area (Å²) >= 11 is 0. The maximum atomic E-state index is 13.3. The number of urea groups is 1. The van der Waals surface area contributed by atoms with Gasteiger partial charge in [-0.25, -0.2) is 18.0 Å². The molecule has 136 valence electrons. The molecular formula is C17H19F3N2O3. The van der Waals surface area contributed by atoms with Crippen molar-refractivity contribution >= 4 is 12.0 Å². The topological polar surface area (TPSA) is 69.6 Å². The zero-order chi connectivity index (χ0) is 18.3. The number of amides is 2. The lowest BCUT2D eigenvalue weighted by Crippen LogP contribution is -2.50. The first kappa shape index (κ1) is 17.6.